The standard InChI is InChI=1S/C75H142O17P2/c1-7-9-11-13-15-17-19-21-22-23-29-35-41-47-53-59-74(79)91-70(63-86-73(78)58-52-46-40-34-28-25-24-26-31-37-43-49-55-67(3)4)65-89-93(81,82)87-61-69(76)62-88-94(83,84)90-66-71(92-75(80)60-54-48-42-36-30-32-38-44-50-56-68(5)6)64-85-72(77)57-51-45-39-33-27-20-18-16-14-12-10-8-2/h17,19,21-22,67-71,76H,7-16,18,20,23-66H2,1-6H3,(H,81,82)(H,83,84)/b19-17-,22-21-/t69-,70-,71-/m1/s1. The van der Waals surface area contributed by atoms with Crippen LogP contribution in [-0.2, 0) is 65.4 Å². The molecule has 554 valence electrons. The zero-order valence-electron chi connectivity index (χ0n) is 60.7. The van der Waals surface area contributed by atoms with Crippen molar-refractivity contribution in [3.63, 3.8) is 0 Å². The lowest BCUT2D eigenvalue weighted by Gasteiger charge is -2.21. The quantitative estimate of drug-likeness (QED) is 0.0169. The van der Waals surface area contributed by atoms with Crippen molar-refractivity contribution in [1.29, 1.82) is 0 Å². The van der Waals surface area contributed by atoms with E-state index in [0.717, 1.165) is 115 Å². The van der Waals surface area contributed by atoms with Crippen LogP contribution in [-0.4, -0.2) is 96.7 Å². The molecule has 0 saturated carbocycles. The second-order valence-corrected chi connectivity index (χ2v) is 30.2. The number of aliphatic hydroxyl groups is 1. The largest absolute Gasteiger partial charge is 0.472 e. The van der Waals surface area contributed by atoms with Gasteiger partial charge >= 0.3 is 39.5 Å². The second kappa shape index (κ2) is 66.4. The Balaban J connectivity index is 5.30. The number of phosphoric ester groups is 2. The van der Waals surface area contributed by atoms with Gasteiger partial charge in [0.25, 0.3) is 0 Å². The van der Waals surface area contributed by atoms with Gasteiger partial charge in [0.05, 0.1) is 26.4 Å². The summed E-state index contributed by atoms with van der Waals surface area (Å²) in [5, 5.41) is 10.6. The summed E-state index contributed by atoms with van der Waals surface area (Å²) < 4.78 is 68.4. The molecule has 19 heteroatoms. The first kappa shape index (κ1) is 91.5. The van der Waals surface area contributed by atoms with E-state index in [9.17, 15) is 43.2 Å². The Kier molecular flexibility index (Phi) is 64.7. The van der Waals surface area contributed by atoms with Crippen molar-refractivity contribution < 1.29 is 80.2 Å². The molecule has 0 aliphatic rings. The summed E-state index contributed by atoms with van der Waals surface area (Å²) in [4.78, 5) is 72.8. The Morgan fingerprint density at radius 3 is 0.872 bits per heavy atom. The first-order valence-corrected chi connectivity index (χ1v) is 41.3. The molecule has 17 nitrogen and oxygen atoms in total. The summed E-state index contributed by atoms with van der Waals surface area (Å²) in [5.74, 6) is -0.633. The fourth-order valence-corrected chi connectivity index (χ4v) is 12.5. The van der Waals surface area contributed by atoms with Gasteiger partial charge in [0, 0.05) is 25.7 Å². The van der Waals surface area contributed by atoms with E-state index in [1.165, 1.54) is 167 Å². The summed E-state index contributed by atoms with van der Waals surface area (Å²) in [6, 6.07) is 0. The minimum Gasteiger partial charge on any atom is -0.462 e. The Labute approximate surface area is 573 Å². The highest BCUT2D eigenvalue weighted by atomic mass is 31.2. The second-order valence-electron chi connectivity index (χ2n) is 27.3. The summed E-state index contributed by atoms with van der Waals surface area (Å²) >= 11 is 0. The SMILES string of the molecule is CCCCCC/C=C\C=C/CCCCCCCC(=O)O[C@H](COC(=O)CCCCCCCCCCCCCCC(C)C)COP(=O)(O)OC[C@@H](O)COP(=O)(O)OC[C@@H](COC(=O)CCCCCCCCCCCCCC)OC(=O)CCCCCCCCCCCC(C)C. The lowest BCUT2D eigenvalue weighted by molar-refractivity contribution is -0.161. The molecule has 0 spiro atoms. The minimum absolute atomic E-state index is 0.0850. The van der Waals surface area contributed by atoms with Crippen molar-refractivity contribution in [2.45, 2.75) is 381 Å². The molecule has 0 aliphatic heterocycles. The Morgan fingerprint density at radius 2 is 0.574 bits per heavy atom. The maximum Gasteiger partial charge on any atom is 0.472 e. The Bertz CT molecular complexity index is 1910. The lowest BCUT2D eigenvalue weighted by atomic mass is 10.0. The molecule has 0 heterocycles. The van der Waals surface area contributed by atoms with Crippen LogP contribution in [0.25, 0.3) is 0 Å². The molecule has 0 bridgehead atoms. The van der Waals surface area contributed by atoms with Gasteiger partial charge in [-0.2, -0.15) is 0 Å². The van der Waals surface area contributed by atoms with Gasteiger partial charge in [-0.3, -0.25) is 37.3 Å². The Morgan fingerprint density at radius 1 is 0.330 bits per heavy atom. The molecule has 94 heavy (non-hydrogen) atoms. The fourth-order valence-electron chi connectivity index (χ4n) is 10.9. The van der Waals surface area contributed by atoms with Gasteiger partial charge in [0.2, 0.25) is 0 Å². The smallest absolute Gasteiger partial charge is 0.462 e. The maximum absolute atomic E-state index is 13.1. The van der Waals surface area contributed by atoms with Crippen LogP contribution in [0.4, 0.5) is 0 Å². The molecule has 3 N–H and O–H groups in total. The van der Waals surface area contributed by atoms with Crippen LogP contribution in [0.2, 0.25) is 0 Å². The highest BCUT2D eigenvalue weighted by Gasteiger charge is 2.30. The van der Waals surface area contributed by atoms with Crippen LogP contribution >= 0.6 is 15.6 Å². The molecule has 0 radical (unpaired) electrons. The van der Waals surface area contributed by atoms with Crippen molar-refractivity contribution >= 4 is 39.5 Å². The van der Waals surface area contributed by atoms with Gasteiger partial charge in [-0.05, 0) is 63.2 Å². The topological polar surface area (TPSA) is 237 Å². The average Bonchev–Trinajstić information content (AvgIpc) is 1.23. The number of hydrogen-bond acceptors (Lipinski definition) is 15. The van der Waals surface area contributed by atoms with E-state index in [1.807, 2.05) is 0 Å². The number of rotatable bonds is 72. The highest BCUT2D eigenvalue weighted by Crippen LogP contribution is 2.45. The zero-order chi connectivity index (χ0) is 69.3. The Hall–Kier alpha value is -2.46. The summed E-state index contributed by atoms with van der Waals surface area (Å²) in [7, 11) is -9.92. The number of unbranched alkanes of at least 4 members (excludes halogenated alkanes) is 39. The van der Waals surface area contributed by atoms with E-state index in [0.29, 0.717) is 25.7 Å². The molecule has 0 amide bonds. The molecular formula is C75H142O17P2. The number of carbonyl (C=O) groups is 4. The van der Waals surface area contributed by atoms with E-state index < -0.39 is 97.5 Å². The van der Waals surface area contributed by atoms with Gasteiger partial charge in [-0.25, -0.2) is 9.13 Å². The molecular weight excluding hydrogens is 1230 g/mol. The monoisotopic (exact) mass is 1380 g/mol. The van der Waals surface area contributed by atoms with Gasteiger partial charge in [0.15, 0.2) is 12.2 Å². The molecule has 0 aromatic carbocycles. The molecule has 0 aliphatic carbocycles. The first-order valence-electron chi connectivity index (χ1n) is 38.3. The fraction of sp³-hybridized carbons (Fsp3) is 0.893. The van der Waals surface area contributed by atoms with Crippen LogP contribution in [0.5, 0.6) is 0 Å². The van der Waals surface area contributed by atoms with Crippen molar-refractivity contribution in [3.8, 4) is 0 Å². The predicted octanol–water partition coefficient (Wildman–Crippen LogP) is 21.5. The normalized spacial score (nSPS) is 14.2. The van der Waals surface area contributed by atoms with Crippen molar-refractivity contribution in [2.24, 2.45) is 11.8 Å². The van der Waals surface area contributed by atoms with Crippen LogP contribution < -0.4 is 0 Å². The summed E-state index contributed by atoms with van der Waals surface area (Å²) in [6.45, 7) is 9.51. The van der Waals surface area contributed by atoms with Crippen molar-refractivity contribution in [2.75, 3.05) is 39.6 Å². The van der Waals surface area contributed by atoms with E-state index in [2.05, 4.69) is 65.8 Å². The molecule has 0 saturated heterocycles. The van der Waals surface area contributed by atoms with Crippen LogP contribution in [0.1, 0.15) is 363 Å². The number of aliphatic hydroxyl groups excluding tert-OH is 1. The molecule has 0 fully saturated rings. The van der Waals surface area contributed by atoms with Crippen LogP contribution in [0.15, 0.2) is 24.3 Å². The third-order valence-corrected chi connectivity index (χ3v) is 18.7. The van der Waals surface area contributed by atoms with Gasteiger partial charge < -0.3 is 33.8 Å². The number of hydrogen-bond donors (Lipinski definition) is 3. The summed E-state index contributed by atoms with van der Waals surface area (Å²) in [6.07, 6.45) is 56.2. The number of phosphoric acid groups is 2. The minimum atomic E-state index is -4.96. The predicted molar refractivity (Wildman–Crippen MR) is 381 cm³/mol. The molecule has 0 rings (SSSR count). The zero-order valence-corrected chi connectivity index (χ0v) is 62.5. The number of allylic oxidation sites excluding steroid dienone is 4. The van der Waals surface area contributed by atoms with E-state index in [-0.39, 0.29) is 25.7 Å². The van der Waals surface area contributed by atoms with Crippen molar-refractivity contribution in [1.82, 2.24) is 0 Å². The maximum atomic E-state index is 13.1. The summed E-state index contributed by atoms with van der Waals surface area (Å²) in [5.41, 5.74) is 0. The van der Waals surface area contributed by atoms with E-state index in [4.69, 9.17) is 37.0 Å². The molecule has 5 atom stereocenters. The van der Waals surface area contributed by atoms with Gasteiger partial charge in [0.1, 0.15) is 19.3 Å². The lowest BCUT2D eigenvalue weighted by Crippen LogP contribution is -2.30. The van der Waals surface area contributed by atoms with Crippen LogP contribution in [0.3, 0.4) is 0 Å². The van der Waals surface area contributed by atoms with Crippen LogP contribution in [0, 0.1) is 11.8 Å². The van der Waals surface area contributed by atoms with Crippen molar-refractivity contribution in [3.05, 3.63) is 24.3 Å². The third kappa shape index (κ3) is 68.1. The highest BCUT2D eigenvalue weighted by molar-refractivity contribution is 7.47. The number of esters is 4. The third-order valence-electron chi connectivity index (χ3n) is 16.8. The molecule has 2 unspecified atom stereocenters. The molecule has 0 aromatic rings. The van der Waals surface area contributed by atoms with Gasteiger partial charge in [-0.1, -0.05) is 310 Å². The average molecular weight is 1380 g/mol. The number of carbonyl (C=O) groups excluding carboxylic acids is 4. The number of ether oxygens (including phenoxy) is 4. The van der Waals surface area contributed by atoms with Gasteiger partial charge in [-0.15, -0.1) is 0 Å². The van der Waals surface area contributed by atoms with E-state index >= 15 is 0 Å². The first-order chi connectivity index (χ1) is 45.4. The molecule has 0 aromatic heterocycles. The van der Waals surface area contributed by atoms with E-state index in [1.54, 1.807) is 0 Å².